The third-order valence-corrected chi connectivity index (χ3v) is 4.78. The van der Waals surface area contributed by atoms with Crippen molar-refractivity contribution in [1.29, 1.82) is 0 Å². The van der Waals surface area contributed by atoms with Gasteiger partial charge in [0.05, 0.1) is 0 Å². The molecule has 3 heteroatoms. The molecule has 0 aliphatic rings. The van der Waals surface area contributed by atoms with Crippen molar-refractivity contribution in [2.75, 3.05) is 0 Å². The lowest BCUT2D eigenvalue weighted by Gasteiger charge is -2.09. The van der Waals surface area contributed by atoms with E-state index in [4.69, 9.17) is 12.2 Å². The van der Waals surface area contributed by atoms with Crippen LogP contribution in [0.1, 0.15) is 32.6 Å². The number of para-hydroxylation sites is 1. The Kier molecular flexibility index (Phi) is 5.29. The summed E-state index contributed by atoms with van der Waals surface area (Å²) in [6.07, 6.45) is 5.36. The molecule has 0 unspecified atom stereocenters. The zero-order valence-corrected chi connectivity index (χ0v) is 16.0. The van der Waals surface area contributed by atoms with E-state index in [0.717, 1.165) is 27.9 Å². The Hall–Kier alpha value is -2.78. The lowest BCUT2D eigenvalue weighted by Crippen LogP contribution is -2.02. The van der Waals surface area contributed by atoms with Crippen molar-refractivity contribution in [2.24, 2.45) is 0 Å². The molecular formula is C23H21NOS. The number of carbonyl (C=O) groups excluding carboxylic acids is 1. The van der Waals surface area contributed by atoms with Gasteiger partial charge in [0.1, 0.15) is 4.64 Å². The molecule has 2 aromatic carbocycles. The molecule has 0 saturated carbocycles. The maximum Gasteiger partial charge on any atom is 0.186 e. The van der Waals surface area contributed by atoms with Crippen molar-refractivity contribution in [1.82, 2.24) is 4.57 Å². The minimum Gasteiger partial charge on any atom is -0.308 e. The average molecular weight is 359 g/mol. The summed E-state index contributed by atoms with van der Waals surface area (Å²) >= 11 is 5.61. The van der Waals surface area contributed by atoms with Crippen molar-refractivity contribution >= 4 is 24.1 Å². The molecule has 0 radical (unpaired) electrons. The first kappa shape index (κ1) is 18.0. The van der Waals surface area contributed by atoms with Crippen molar-refractivity contribution in [3.05, 3.63) is 99.3 Å². The fraction of sp³-hybridized carbons (Fsp3) is 0.130. The zero-order chi connectivity index (χ0) is 18.7. The largest absolute Gasteiger partial charge is 0.308 e. The number of aryl methyl sites for hydroxylation is 3. The molecule has 1 heterocycles. The summed E-state index contributed by atoms with van der Waals surface area (Å²) in [5, 5.41) is 0. The Labute approximate surface area is 159 Å². The summed E-state index contributed by atoms with van der Waals surface area (Å²) < 4.78 is 2.63. The molecule has 0 N–H and O–H groups in total. The summed E-state index contributed by atoms with van der Waals surface area (Å²) in [6.45, 7) is 6.00. The molecule has 0 bridgehead atoms. The fourth-order valence-electron chi connectivity index (χ4n) is 3.25. The van der Waals surface area contributed by atoms with E-state index in [1.807, 2.05) is 92.2 Å². The number of ketones is 1. The number of hydrogen-bond acceptors (Lipinski definition) is 2. The Morgan fingerprint density at radius 1 is 0.962 bits per heavy atom. The molecule has 26 heavy (non-hydrogen) atoms. The lowest BCUT2D eigenvalue weighted by atomic mass is 9.96. The van der Waals surface area contributed by atoms with E-state index in [-0.39, 0.29) is 5.78 Å². The van der Waals surface area contributed by atoms with Crippen LogP contribution in [-0.2, 0) is 0 Å². The maximum absolute atomic E-state index is 12.7. The number of allylic oxidation sites excluding steroid dienone is 1. The van der Waals surface area contributed by atoms with Crippen LogP contribution in [0.4, 0.5) is 0 Å². The number of carbonyl (C=O) groups is 1. The Morgan fingerprint density at radius 3 is 2.27 bits per heavy atom. The third-order valence-electron chi connectivity index (χ3n) is 4.35. The first-order chi connectivity index (χ1) is 12.5. The van der Waals surface area contributed by atoms with E-state index in [1.165, 1.54) is 5.56 Å². The van der Waals surface area contributed by atoms with Gasteiger partial charge in [0.15, 0.2) is 5.78 Å². The van der Waals surface area contributed by atoms with Crippen LogP contribution in [0.25, 0.3) is 11.8 Å². The normalized spacial score (nSPS) is 11.0. The topological polar surface area (TPSA) is 22.0 Å². The summed E-state index contributed by atoms with van der Waals surface area (Å²) in [6, 6.07) is 17.9. The Bertz CT molecular complexity index is 1020. The highest BCUT2D eigenvalue weighted by molar-refractivity contribution is 7.71. The molecule has 0 amide bonds. The van der Waals surface area contributed by atoms with E-state index >= 15 is 0 Å². The molecule has 3 rings (SSSR count). The summed E-state index contributed by atoms with van der Waals surface area (Å²) in [7, 11) is 0. The second-order valence-corrected chi connectivity index (χ2v) is 6.83. The summed E-state index contributed by atoms with van der Waals surface area (Å²) in [4.78, 5) is 12.7. The predicted octanol–water partition coefficient (Wildman–Crippen LogP) is 6.03. The van der Waals surface area contributed by atoms with E-state index in [9.17, 15) is 4.79 Å². The fourth-order valence-corrected chi connectivity index (χ4v) is 3.55. The van der Waals surface area contributed by atoms with Crippen molar-refractivity contribution in [2.45, 2.75) is 20.8 Å². The van der Waals surface area contributed by atoms with E-state index in [1.54, 1.807) is 6.08 Å². The van der Waals surface area contributed by atoms with Gasteiger partial charge in [-0.15, -0.1) is 0 Å². The summed E-state index contributed by atoms with van der Waals surface area (Å²) in [5.74, 6) is 0.00418. The van der Waals surface area contributed by atoms with Gasteiger partial charge in [-0.05, 0) is 62.2 Å². The van der Waals surface area contributed by atoms with Crippen LogP contribution in [0.5, 0.6) is 0 Å². The number of rotatable bonds is 4. The number of aromatic nitrogens is 1. The Balaban J connectivity index is 1.95. The highest BCUT2D eigenvalue weighted by Gasteiger charge is 2.10. The molecule has 0 saturated heterocycles. The first-order valence-corrected chi connectivity index (χ1v) is 8.95. The standard InChI is InChI=1S/C23H21NOS/c1-16-14-17(2)22(18(3)15-16)21(25)12-11-19-8-7-13-24(23(19)26)20-9-5-4-6-10-20/h4-15H,1-3H3/b12-11+. The van der Waals surface area contributed by atoms with Crippen molar-refractivity contribution in [3.63, 3.8) is 0 Å². The highest BCUT2D eigenvalue weighted by Crippen LogP contribution is 2.18. The van der Waals surface area contributed by atoms with Gasteiger partial charge in [-0.1, -0.05) is 54.2 Å². The zero-order valence-electron chi connectivity index (χ0n) is 15.2. The van der Waals surface area contributed by atoms with Gasteiger partial charge < -0.3 is 4.57 Å². The first-order valence-electron chi connectivity index (χ1n) is 8.55. The average Bonchev–Trinajstić information content (AvgIpc) is 2.60. The van der Waals surface area contributed by atoms with Crippen LogP contribution < -0.4 is 0 Å². The number of pyridine rings is 1. The quantitative estimate of drug-likeness (QED) is 0.322. The van der Waals surface area contributed by atoms with E-state index in [2.05, 4.69) is 0 Å². The molecule has 0 aliphatic carbocycles. The number of hydrogen-bond donors (Lipinski definition) is 0. The molecule has 2 nitrogen and oxygen atoms in total. The van der Waals surface area contributed by atoms with Gasteiger partial charge in [0, 0.05) is 23.0 Å². The van der Waals surface area contributed by atoms with E-state index < -0.39 is 0 Å². The van der Waals surface area contributed by atoms with Crippen molar-refractivity contribution in [3.8, 4) is 5.69 Å². The second kappa shape index (κ2) is 7.63. The van der Waals surface area contributed by atoms with Gasteiger partial charge in [0.2, 0.25) is 0 Å². The Morgan fingerprint density at radius 2 is 1.62 bits per heavy atom. The maximum atomic E-state index is 12.7. The number of benzene rings is 2. The van der Waals surface area contributed by atoms with Crippen LogP contribution in [0, 0.1) is 25.4 Å². The second-order valence-electron chi connectivity index (χ2n) is 6.45. The lowest BCUT2D eigenvalue weighted by molar-refractivity contribution is 0.104. The van der Waals surface area contributed by atoms with Gasteiger partial charge >= 0.3 is 0 Å². The molecule has 0 fully saturated rings. The number of nitrogens with zero attached hydrogens (tertiary/aromatic N) is 1. The smallest absolute Gasteiger partial charge is 0.186 e. The van der Waals surface area contributed by atoms with Crippen LogP contribution in [0.3, 0.4) is 0 Å². The van der Waals surface area contributed by atoms with Crippen LogP contribution >= 0.6 is 12.2 Å². The minimum atomic E-state index is 0.00418. The molecule has 1 aromatic heterocycles. The molecular weight excluding hydrogens is 338 g/mol. The minimum absolute atomic E-state index is 0.00418. The SMILES string of the molecule is Cc1cc(C)c(C(=O)/C=C/c2cccn(-c3ccccc3)c2=S)c(C)c1. The third kappa shape index (κ3) is 3.73. The monoisotopic (exact) mass is 359 g/mol. The summed E-state index contributed by atoms with van der Waals surface area (Å²) in [5.41, 5.74) is 5.79. The predicted molar refractivity (Wildman–Crippen MR) is 111 cm³/mol. The van der Waals surface area contributed by atoms with Gasteiger partial charge in [-0.25, -0.2) is 0 Å². The van der Waals surface area contributed by atoms with Crippen LogP contribution in [-0.4, -0.2) is 10.4 Å². The molecule has 0 aliphatic heterocycles. The molecule has 0 spiro atoms. The van der Waals surface area contributed by atoms with Crippen LogP contribution in [0.2, 0.25) is 0 Å². The molecule has 3 aromatic rings. The van der Waals surface area contributed by atoms with Crippen LogP contribution in [0.15, 0.2) is 66.9 Å². The van der Waals surface area contributed by atoms with E-state index in [0.29, 0.717) is 4.64 Å². The van der Waals surface area contributed by atoms with Gasteiger partial charge in [-0.2, -0.15) is 0 Å². The van der Waals surface area contributed by atoms with Gasteiger partial charge in [0.25, 0.3) is 0 Å². The van der Waals surface area contributed by atoms with Crippen molar-refractivity contribution < 1.29 is 4.79 Å². The molecule has 0 atom stereocenters. The molecule has 130 valence electrons. The van der Waals surface area contributed by atoms with Gasteiger partial charge in [-0.3, -0.25) is 4.79 Å². The highest BCUT2D eigenvalue weighted by atomic mass is 32.1.